The van der Waals surface area contributed by atoms with Crippen molar-refractivity contribution in [2.24, 2.45) is 5.41 Å². The highest BCUT2D eigenvalue weighted by Crippen LogP contribution is 2.48. The van der Waals surface area contributed by atoms with E-state index in [1.165, 1.54) is 0 Å². The first-order chi connectivity index (χ1) is 6.04. The van der Waals surface area contributed by atoms with Crippen molar-refractivity contribution in [3.63, 3.8) is 0 Å². The fourth-order valence-corrected chi connectivity index (χ4v) is 2.41. The third kappa shape index (κ3) is 2.66. The van der Waals surface area contributed by atoms with Gasteiger partial charge in [-0.2, -0.15) is 11.8 Å². The number of hydrogen-bond donors (Lipinski definition) is 0. The van der Waals surface area contributed by atoms with Gasteiger partial charge in [0, 0.05) is 18.3 Å². The molecule has 13 heavy (non-hydrogen) atoms. The Morgan fingerprint density at radius 2 is 2.15 bits per heavy atom. The van der Waals surface area contributed by atoms with Gasteiger partial charge < -0.3 is 4.79 Å². The summed E-state index contributed by atoms with van der Waals surface area (Å²) in [4.78, 5) is 10.8. The molecule has 0 aromatic carbocycles. The first kappa shape index (κ1) is 11.0. The molecule has 0 N–H and O–H groups in total. The molecule has 0 aliphatic heterocycles. The minimum Gasteiger partial charge on any atom is -0.303 e. The molecule has 1 unspecified atom stereocenters. The predicted octanol–water partition coefficient (Wildman–Crippen LogP) is 2.74. The summed E-state index contributed by atoms with van der Waals surface area (Å²) in [5.41, 5.74) is -0.730. The first-order valence-electron chi connectivity index (χ1n) is 4.37. The van der Waals surface area contributed by atoms with Crippen molar-refractivity contribution in [1.82, 2.24) is 0 Å². The van der Waals surface area contributed by atoms with Crippen LogP contribution >= 0.6 is 11.8 Å². The molecule has 0 spiro atoms. The number of carbonyl (C=O) groups is 1. The number of rotatable bonds is 4. The molecule has 1 atom stereocenters. The molecule has 1 aliphatic rings. The van der Waals surface area contributed by atoms with Gasteiger partial charge in [0.1, 0.15) is 6.29 Å². The monoisotopic (exact) mass is 208 g/mol. The average Bonchev–Trinajstić information content (AvgIpc) is 2.40. The highest BCUT2D eigenvalue weighted by Gasteiger charge is 2.48. The topological polar surface area (TPSA) is 17.1 Å². The van der Waals surface area contributed by atoms with E-state index in [9.17, 15) is 13.6 Å². The van der Waals surface area contributed by atoms with Crippen molar-refractivity contribution in [3.8, 4) is 0 Å². The third-order valence-electron chi connectivity index (χ3n) is 2.65. The van der Waals surface area contributed by atoms with E-state index in [1.807, 2.05) is 6.26 Å². The van der Waals surface area contributed by atoms with Crippen LogP contribution in [-0.2, 0) is 4.79 Å². The van der Waals surface area contributed by atoms with Crippen LogP contribution in [0.5, 0.6) is 0 Å². The van der Waals surface area contributed by atoms with Gasteiger partial charge in [0.15, 0.2) is 0 Å². The summed E-state index contributed by atoms with van der Waals surface area (Å²) in [7, 11) is 0. The van der Waals surface area contributed by atoms with Gasteiger partial charge in [0.05, 0.1) is 0 Å². The fourth-order valence-electron chi connectivity index (χ4n) is 1.80. The van der Waals surface area contributed by atoms with E-state index in [1.54, 1.807) is 11.8 Å². The van der Waals surface area contributed by atoms with Crippen LogP contribution in [0.15, 0.2) is 0 Å². The van der Waals surface area contributed by atoms with Crippen LogP contribution in [0.1, 0.15) is 25.7 Å². The number of thioether (sulfide) groups is 1. The van der Waals surface area contributed by atoms with Gasteiger partial charge >= 0.3 is 0 Å². The van der Waals surface area contributed by atoms with Crippen molar-refractivity contribution in [3.05, 3.63) is 0 Å². The zero-order chi connectivity index (χ0) is 9.95. The quantitative estimate of drug-likeness (QED) is 0.661. The summed E-state index contributed by atoms with van der Waals surface area (Å²) in [6.07, 6.45) is 3.23. The second-order valence-corrected chi connectivity index (χ2v) is 4.74. The Labute approximate surface area is 81.3 Å². The molecule has 0 aromatic heterocycles. The maximum Gasteiger partial charge on any atom is 0.249 e. The van der Waals surface area contributed by atoms with Crippen LogP contribution in [0.2, 0.25) is 0 Å². The lowest BCUT2D eigenvalue weighted by molar-refractivity contribution is -0.117. The molecule has 0 saturated heterocycles. The summed E-state index contributed by atoms with van der Waals surface area (Å²) >= 11 is 1.60. The molecule has 1 aliphatic carbocycles. The molecule has 0 aromatic rings. The average molecular weight is 208 g/mol. The van der Waals surface area contributed by atoms with Crippen molar-refractivity contribution in [2.75, 3.05) is 12.0 Å². The summed E-state index contributed by atoms with van der Waals surface area (Å²) in [5, 5.41) is 0. The number of hydrogen-bond acceptors (Lipinski definition) is 2. The lowest BCUT2D eigenvalue weighted by Crippen LogP contribution is -2.22. The Bertz CT molecular complexity index is 196. The van der Waals surface area contributed by atoms with Gasteiger partial charge in [-0.1, -0.05) is 0 Å². The Balaban J connectivity index is 2.57. The molecule has 76 valence electrons. The molecule has 0 amide bonds. The van der Waals surface area contributed by atoms with Crippen molar-refractivity contribution >= 4 is 18.0 Å². The van der Waals surface area contributed by atoms with Crippen molar-refractivity contribution in [2.45, 2.75) is 31.6 Å². The molecule has 0 heterocycles. The van der Waals surface area contributed by atoms with Gasteiger partial charge in [-0.05, 0) is 24.9 Å². The first-order valence-corrected chi connectivity index (χ1v) is 5.76. The van der Waals surface area contributed by atoms with Gasteiger partial charge in [-0.3, -0.25) is 0 Å². The van der Waals surface area contributed by atoms with E-state index in [-0.39, 0.29) is 12.8 Å². The largest absolute Gasteiger partial charge is 0.303 e. The SMILES string of the molecule is CSCCC1(C=O)CCC(F)(F)C1. The lowest BCUT2D eigenvalue weighted by atomic mass is 9.85. The molecule has 1 fully saturated rings. The summed E-state index contributed by atoms with van der Waals surface area (Å²) < 4.78 is 25.8. The molecular weight excluding hydrogens is 194 g/mol. The van der Waals surface area contributed by atoms with Gasteiger partial charge in [-0.15, -0.1) is 0 Å². The minimum atomic E-state index is -2.61. The van der Waals surface area contributed by atoms with E-state index < -0.39 is 11.3 Å². The zero-order valence-electron chi connectivity index (χ0n) is 7.69. The molecule has 1 rings (SSSR count). The molecule has 1 nitrogen and oxygen atoms in total. The number of alkyl halides is 2. The van der Waals surface area contributed by atoms with Gasteiger partial charge in [0.25, 0.3) is 0 Å². The predicted molar refractivity (Wildman–Crippen MR) is 50.3 cm³/mol. The second-order valence-electron chi connectivity index (χ2n) is 3.76. The van der Waals surface area contributed by atoms with Crippen LogP contribution in [0.25, 0.3) is 0 Å². The summed E-state index contributed by atoms with van der Waals surface area (Å²) in [6.45, 7) is 0. The Morgan fingerprint density at radius 1 is 1.46 bits per heavy atom. The smallest absolute Gasteiger partial charge is 0.249 e. The number of carbonyl (C=O) groups excluding carboxylic acids is 1. The van der Waals surface area contributed by atoms with Crippen LogP contribution in [0.4, 0.5) is 8.78 Å². The van der Waals surface area contributed by atoms with E-state index in [0.29, 0.717) is 12.8 Å². The van der Waals surface area contributed by atoms with Crippen LogP contribution in [0.3, 0.4) is 0 Å². The van der Waals surface area contributed by atoms with Crippen molar-refractivity contribution in [1.29, 1.82) is 0 Å². The highest BCUT2D eigenvalue weighted by molar-refractivity contribution is 7.98. The van der Waals surface area contributed by atoms with E-state index >= 15 is 0 Å². The van der Waals surface area contributed by atoms with E-state index in [2.05, 4.69) is 0 Å². The van der Waals surface area contributed by atoms with Gasteiger partial charge in [0.2, 0.25) is 5.92 Å². The highest BCUT2D eigenvalue weighted by atomic mass is 32.2. The van der Waals surface area contributed by atoms with Crippen LogP contribution in [0, 0.1) is 5.41 Å². The van der Waals surface area contributed by atoms with E-state index in [4.69, 9.17) is 0 Å². The maximum absolute atomic E-state index is 12.9. The van der Waals surface area contributed by atoms with Gasteiger partial charge in [-0.25, -0.2) is 8.78 Å². The standard InChI is InChI=1S/C9H14F2OS/c1-13-5-4-8(7-12)2-3-9(10,11)6-8/h7H,2-6H2,1H3. The Kier molecular flexibility index (Phi) is 3.33. The normalized spacial score (nSPS) is 31.9. The Morgan fingerprint density at radius 3 is 2.54 bits per heavy atom. The molecule has 1 saturated carbocycles. The maximum atomic E-state index is 12.9. The molecule has 0 radical (unpaired) electrons. The Hall–Kier alpha value is -0.120. The number of aldehydes is 1. The molecule has 0 bridgehead atoms. The molecular formula is C9H14F2OS. The zero-order valence-corrected chi connectivity index (χ0v) is 8.50. The molecule has 4 heteroatoms. The summed E-state index contributed by atoms with van der Waals surface area (Å²) in [6, 6.07) is 0. The van der Waals surface area contributed by atoms with Crippen LogP contribution in [-0.4, -0.2) is 24.2 Å². The van der Waals surface area contributed by atoms with Crippen LogP contribution < -0.4 is 0 Å². The summed E-state index contributed by atoms with van der Waals surface area (Å²) in [5.74, 6) is -1.83. The number of halogens is 2. The minimum absolute atomic E-state index is 0.125. The fraction of sp³-hybridized carbons (Fsp3) is 0.889. The third-order valence-corrected chi connectivity index (χ3v) is 3.27. The second kappa shape index (κ2) is 3.95. The lowest BCUT2D eigenvalue weighted by Gasteiger charge is -2.21. The van der Waals surface area contributed by atoms with E-state index in [0.717, 1.165) is 12.0 Å². The van der Waals surface area contributed by atoms with Crippen molar-refractivity contribution < 1.29 is 13.6 Å².